The number of aromatic nitrogens is 1. The second-order valence-corrected chi connectivity index (χ2v) is 6.39. The van der Waals surface area contributed by atoms with Gasteiger partial charge in [-0.25, -0.2) is 4.98 Å². The van der Waals surface area contributed by atoms with E-state index in [9.17, 15) is 0 Å². The van der Waals surface area contributed by atoms with Gasteiger partial charge in [-0.3, -0.25) is 4.90 Å². The van der Waals surface area contributed by atoms with Crippen LogP contribution >= 0.6 is 12.2 Å². The van der Waals surface area contributed by atoms with E-state index >= 15 is 0 Å². The lowest BCUT2D eigenvalue weighted by Gasteiger charge is -2.36. The molecule has 0 amide bonds. The lowest BCUT2D eigenvalue weighted by atomic mass is 9.96. The first-order valence-corrected chi connectivity index (χ1v) is 8.46. The van der Waals surface area contributed by atoms with Crippen molar-refractivity contribution in [1.82, 2.24) is 15.2 Å². The number of ether oxygens (including phenoxy) is 1. The van der Waals surface area contributed by atoms with Gasteiger partial charge in [-0.2, -0.15) is 0 Å². The zero-order valence-corrected chi connectivity index (χ0v) is 14.5. The predicted molar refractivity (Wildman–Crippen MR) is 97.8 cm³/mol. The molecule has 1 aromatic heterocycles. The molecule has 1 atom stereocenters. The van der Waals surface area contributed by atoms with Gasteiger partial charge in [-0.15, -0.1) is 0 Å². The van der Waals surface area contributed by atoms with E-state index in [2.05, 4.69) is 22.3 Å². The van der Waals surface area contributed by atoms with Crippen LogP contribution in [0.1, 0.15) is 18.5 Å². The van der Waals surface area contributed by atoms with Crippen molar-refractivity contribution in [3.05, 3.63) is 42.1 Å². The van der Waals surface area contributed by atoms with Gasteiger partial charge in [-0.1, -0.05) is 36.5 Å². The molecule has 1 aliphatic heterocycles. The van der Waals surface area contributed by atoms with Crippen LogP contribution in [0.15, 0.2) is 36.4 Å². The molecule has 1 aromatic carbocycles. The summed E-state index contributed by atoms with van der Waals surface area (Å²) >= 11 is 5.62. The van der Waals surface area contributed by atoms with E-state index in [1.54, 1.807) is 7.11 Å². The van der Waals surface area contributed by atoms with E-state index < -0.39 is 5.60 Å². The average Bonchev–Trinajstić information content (AvgIpc) is 3.11. The van der Waals surface area contributed by atoms with Crippen LogP contribution in [0.25, 0.3) is 10.9 Å². The second kappa shape index (κ2) is 6.91. The van der Waals surface area contributed by atoms with E-state index in [4.69, 9.17) is 21.9 Å². The highest BCUT2D eigenvalue weighted by Gasteiger charge is 2.40. The molecule has 0 radical (unpaired) electrons. The fraction of sp³-hybridized carbons (Fsp3) is 0.444. The first-order chi connectivity index (χ1) is 11.2. The maximum atomic E-state index is 5.98. The largest absolute Gasteiger partial charge is 0.380 e. The molecule has 0 bridgehead atoms. The van der Waals surface area contributed by atoms with Crippen molar-refractivity contribution < 1.29 is 4.74 Å². The predicted octanol–water partition coefficient (Wildman–Crippen LogP) is 2.72. The van der Waals surface area contributed by atoms with Crippen LogP contribution in [0.2, 0.25) is 0 Å². The van der Waals surface area contributed by atoms with E-state index in [-0.39, 0.29) is 0 Å². The summed E-state index contributed by atoms with van der Waals surface area (Å²) in [6.45, 7) is 2.91. The molecule has 2 aromatic rings. The molecule has 122 valence electrons. The van der Waals surface area contributed by atoms with Crippen molar-refractivity contribution in [1.29, 1.82) is 0 Å². The Balaban J connectivity index is 2.05. The number of rotatable bonds is 5. The Labute approximate surface area is 142 Å². The third-order valence-electron chi connectivity index (χ3n) is 4.60. The van der Waals surface area contributed by atoms with Gasteiger partial charge in [0.1, 0.15) is 4.99 Å². The fourth-order valence-corrected chi connectivity index (χ4v) is 3.53. The Hall–Kier alpha value is -1.56. The molecule has 3 rings (SSSR count). The second-order valence-electron chi connectivity index (χ2n) is 5.98. The summed E-state index contributed by atoms with van der Waals surface area (Å²) in [5, 5.41) is 4.24. The Morgan fingerprint density at radius 3 is 2.70 bits per heavy atom. The minimum Gasteiger partial charge on any atom is -0.380 e. The summed E-state index contributed by atoms with van der Waals surface area (Å²) in [4.78, 5) is 7.93. The van der Waals surface area contributed by atoms with Gasteiger partial charge in [0.2, 0.25) is 0 Å². The van der Waals surface area contributed by atoms with Gasteiger partial charge in [0.15, 0.2) is 5.60 Å². The van der Waals surface area contributed by atoms with E-state index in [0.29, 0.717) is 4.99 Å². The molecule has 0 aliphatic carbocycles. The summed E-state index contributed by atoms with van der Waals surface area (Å²) in [6, 6.07) is 12.2. The molecule has 1 N–H and O–H groups in total. The van der Waals surface area contributed by atoms with Crippen LogP contribution < -0.4 is 5.32 Å². The number of hydrogen-bond donors (Lipinski definition) is 1. The number of para-hydroxylation sites is 1. The van der Waals surface area contributed by atoms with Crippen LogP contribution in [-0.2, 0) is 10.3 Å². The molecule has 1 saturated heterocycles. The number of likely N-dealkylation sites (tertiary alicyclic amines) is 1. The van der Waals surface area contributed by atoms with Gasteiger partial charge in [0.25, 0.3) is 0 Å². The van der Waals surface area contributed by atoms with Gasteiger partial charge < -0.3 is 10.1 Å². The highest BCUT2D eigenvalue weighted by molar-refractivity contribution is 7.80. The highest BCUT2D eigenvalue weighted by atomic mass is 32.1. The van der Waals surface area contributed by atoms with Crippen molar-refractivity contribution in [2.75, 3.05) is 33.8 Å². The van der Waals surface area contributed by atoms with Gasteiger partial charge in [0.05, 0.1) is 11.2 Å². The van der Waals surface area contributed by atoms with Crippen LogP contribution in [0.4, 0.5) is 0 Å². The maximum Gasteiger partial charge on any atom is 0.172 e. The van der Waals surface area contributed by atoms with Crippen molar-refractivity contribution in [2.45, 2.75) is 18.4 Å². The Morgan fingerprint density at radius 1 is 1.26 bits per heavy atom. The van der Waals surface area contributed by atoms with Gasteiger partial charge >= 0.3 is 0 Å². The molecule has 1 fully saturated rings. The van der Waals surface area contributed by atoms with E-state index in [1.165, 1.54) is 12.8 Å². The molecule has 23 heavy (non-hydrogen) atoms. The quantitative estimate of drug-likeness (QED) is 0.854. The number of likely N-dealkylation sites (N-methyl/N-ethyl adjacent to an activating group) is 1. The molecule has 5 heteroatoms. The minimum atomic E-state index is -0.710. The number of fused-ring (bicyclic) bond motifs is 1. The molecular weight excluding hydrogens is 306 g/mol. The monoisotopic (exact) mass is 329 g/mol. The van der Waals surface area contributed by atoms with Crippen LogP contribution in [-0.4, -0.2) is 48.7 Å². The fourth-order valence-electron chi connectivity index (χ4n) is 3.28. The third kappa shape index (κ3) is 3.09. The number of hydrogen-bond acceptors (Lipinski definition) is 4. The average molecular weight is 329 g/mol. The summed E-state index contributed by atoms with van der Waals surface area (Å²) in [7, 11) is 3.57. The number of pyridine rings is 1. The Morgan fingerprint density at radius 2 is 2.00 bits per heavy atom. The number of nitrogens with zero attached hydrogens (tertiary/aromatic N) is 2. The molecule has 4 nitrogen and oxygen atoms in total. The summed E-state index contributed by atoms with van der Waals surface area (Å²) < 4.78 is 5.98. The van der Waals surface area contributed by atoms with Gasteiger partial charge in [-0.05, 0) is 38.1 Å². The Bertz CT molecular complexity index is 699. The van der Waals surface area contributed by atoms with E-state index in [1.807, 2.05) is 31.3 Å². The SMILES string of the molecule is CNC(=S)C(CN1CCCC1)(OC)c1ccc2ccccc2n1. The number of methoxy groups -OCH3 is 1. The smallest absolute Gasteiger partial charge is 0.172 e. The zero-order chi connectivity index (χ0) is 16.3. The Kier molecular flexibility index (Phi) is 4.90. The van der Waals surface area contributed by atoms with Crippen molar-refractivity contribution >= 4 is 28.1 Å². The number of benzene rings is 1. The lowest BCUT2D eigenvalue weighted by Crippen LogP contribution is -2.51. The molecule has 0 spiro atoms. The molecular formula is C18H23N3OS. The van der Waals surface area contributed by atoms with Gasteiger partial charge in [0, 0.05) is 26.1 Å². The van der Waals surface area contributed by atoms with Crippen LogP contribution in [0.3, 0.4) is 0 Å². The molecule has 0 saturated carbocycles. The number of thiocarbonyl (C=S) groups is 1. The molecule has 1 aliphatic rings. The summed E-state index contributed by atoms with van der Waals surface area (Å²) in [5.41, 5.74) is 1.12. The first kappa shape index (κ1) is 16.3. The maximum absolute atomic E-state index is 5.98. The van der Waals surface area contributed by atoms with Crippen molar-refractivity contribution in [3.8, 4) is 0 Å². The van der Waals surface area contributed by atoms with Crippen molar-refractivity contribution in [2.24, 2.45) is 0 Å². The standard InChI is InChI=1S/C18H23N3OS/c1-19-17(23)18(22-2,13-21-11-5-6-12-21)16-10-9-14-7-3-4-8-15(14)20-16/h3-4,7-10H,5-6,11-13H2,1-2H3,(H,19,23). The molecule has 2 heterocycles. The first-order valence-electron chi connectivity index (χ1n) is 8.05. The topological polar surface area (TPSA) is 37.4 Å². The molecule has 1 unspecified atom stereocenters. The van der Waals surface area contributed by atoms with Crippen molar-refractivity contribution in [3.63, 3.8) is 0 Å². The highest BCUT2D eigenvalue weighted by Crippen LogP contribution is 2.29. The summed E-state index contributed by atoms with van der Waals surface area (Å²) in [6.07, 6.45) is 2.47. The zero-order valence-electron chi connectivity index (χ0n) is 13.7. The van der Waals surface area contributed by atoms with Crippen LogP contribution in [0.5, 0.6) is 0 Å². The normalized spacial score (nSPS) is 18.0. The van der Waals surface area contributed by atoms with Crippen LogP contribution in [0, 0.1) is 0 Å². The lowest BCUT2D eigenvalue weighted by molar-refractivity contribution is 0.0163. The minimum absolute atomic E-state index is 0.676. The third-order valence-corrected chi connectivity index (χ3v) is 5.13. The number of nitrogens with one attached hydrogen (secondary N) is 1. The van der Waals surface area contributed by atoms with E-state index in [0.717, 1.165) is 36.2 Å². The summed E-state index contributed by atoms with van der Waals surface area (Å²) in [5.74, 6) is 0.